The third-order valence-corrected chi connectivity index (χ3v) is 4.17. The van der Waals surface area contributed by atoms with Crippen LogP contribution in [0.3, 0.4) is 0 Å². The minimum atomic E-state index is 0.0248. The molecule has 0 saturated carbocycles. The van der Waals surface area contributed by atoms with E-state index in [4.69, 9.17) is 11.6 Å². The van der Waals surface area contributed by atoms with Crippen LogP contribution in [-0.4, -0.2) is 15.7 Å². The van der Waals surface area contributed by atoms with Gasteiger partial charge in [0, 0.05) is 30.0 Å². The summed E-state index contributed by atoms with van der Waals surface area (Å²) in [6.07, 6.45) is 8.46. The fraction of sp³-hybridized carbons (Fsp3) is 0.222. The van der Waals surface area contributed by atoms with E-state index in [0.29, 0.717) is 6.42 Å². The Hall–Kier alpha value is -2.33. The number of benzene rings is 1. The van der Waals surface area contributed by atoms with E-state index in [-0.39, 0.29) is 11.8 Å². The van der Waals surface area contributed by atoms with Gasteiger partial charge in [-0.2, -0.15) is 5.10 Å². The Balaban J connectivity index is 1.78. The van der Waals surface area contributed by atoms with Gasteiger partial charge in [-0.15, -0.1) is 0 Å². The van der Waals surface area contributed by atoms with Crippen LogP contribution in [0.2, 0.25) is 5.02 Å². The molecule has 1 amide bonds. The standard InChI is InChI=1S/C18H18ClN3O/c1-12-17-14(11-16(23)20-18(17)22(2)21-12)6-4-3-5-13-7-9-15(19)10-8-13/h3-10,14H,11H2,1-2H3,(H,20,23)/b5-3+,6-4+/t14-/m0/s1. The first-order chi connectivity index (χ1) is 11.0. The van der Waals surface area contributed by atoms with E-state index in [0.717, 1.165) is 27.7 Å². The van der Waals surface area contributed by atoms with E-state index in [1.165, 1.54) is 0 Å². The first-order valence-electron chi connectivity index (χ1n) is 7.48. The number of nitrogens with zero attached hydrogens (tertiary/aromatic N) is 2. The lowest BCUT2D eigenvalue weighted by molar-refractivity contribution is -0.116. The van der Waals surface area contributed by atoms with Crippen molar-refractivity contribution in [3.05, 3.63) is 64.3 Å². The van der Waals surface area contributed by atoms with Crippen LogP contribution in [0.5, 0.6) is 0 Å². The Morgan fingerprint density at radius 1 is 1.30 bits per heavy atom. The number of hydrogen-bond donors (Lipinski definition) is 1. The van der Waals surface area contributed by atoms with Gasteiger partial charge in [-0.1, -0.05) is 48.0 Å². The quantitative estimate of drug-likeness (QED) is 0.863. The molecule has 0 bridgehead atoms. The summed E-state index contributed by atoms with van der Waals surface area (Å²) in [6, 6.07) is 7.65. The van der Waals surface area contributed by atoms with E-state index in [1.807, 2.05) is 56.5 Å². The maximum absolute atomic E-state index is 11.9. The smallest absolute Gasteiger partial charge is 0.226 e. The Labute approximate surface area is 140 Å². The zero-order valence-electron chi connectivity index (χ0n) is 13.1. The predicted molar refractivity (Wildman–Crippen MR) is 93.6 cm³/mol. The molecule has 0 spiro atoms. The second kappa shape index (κ2) is 6.42. The van der Waals surface area contributed by atoms with Gasteiger partial charge in [0.05, 0.1) is 5.69 Å². The first kappa shape index (κ1) is 15.6. The molecule has 4 nitrogen and oxygen atoms in total. The summed E-state index contributed by atoms with van der Waals surface area (Å²) in [5, 5.41) is 8.02. The van der Waals surface area contributed by atoms with Crippen molar-refractivity contribution in [2.75, 3.05) is 5.32 Å². The molecule has 118 valence electrons. The number of amides is 1. The van der Waals surface area contributed by atoms with Crippen molar-refractivity contribution in [2.24, 2.45) is 7.05 Å². The molecular formula is C18H18ClN3O. The fourth-order valence-corrected chi connectivity index (χ4v) is 2.98. The third kappa shape index (κ3) is 3.37. The number of aromatic nitrogens is 2. The van der Waals surface area contributed by atoms with Gasteiger partial charge in [-0.25, -0.2) is 0 Å². The van der Waals surface area contributed by atoms with Crippen molar-refractivity contribution in [3.8, 4) is 0 Å². The normalized spacial score (nSPS) is 17.7. The lowest BCUT2D eigenvalue weighted by atomic mass is 9.91. The summed E-state index contributed by atoms with van der Waals surface area (Å²) in [6.45, 7) is 1.97. The molecule has 1 atom stereocenters. The summed E-state index contributed by atoms with van der Waals surface area (Å²) in [4.78, 5) is 11.9. The van der Waals surface area contributed by atoms with E-state index in [9.17, 15) is 4.79 Å². The Morgan fingerprint density at radius 3 is 2.78 bits per heavy atom. The Kier molecular flexibility index (Phi) is 4.35. The van der Waals surface area contributed by atoms with Gasteiger partial charge in [0.1, 0.15) is 5.82 Å². The van der Waals surface area contributed by atoms with Crippen LogP contribution in [0.25, 0.3) is 6.08 Å². The summed E-state index contributed by atoms with van der Waals surface area (Å²) in [5.41, 5.74) is 3.14. The first-order valence-corrected chi connectivity index (χ1v) is 7.86. The van der Waals surface area contributed by atoms with E-state index in [2.05, 4.69) is 16.5 Å². The summed E-state index contributed by atoms with van der Waals surface area (Å²) in [7, 11) is 1.85. The molecule has 0 fully saturated rings. The van der Waals surface area contributed by atoms with Crippen LogP contribution in [0, 0.1) is 6.92 Å². The van der Waals surface area contributed by atoms with Gasteiger partial charge < -0.3 is 5.32 Å². The Bertz CT molecular complexity index is 787. The lowest BCUT2D eigenvalue weighted by Crippen LogP contribution is -2.23. The molecule has 0 unspecified atom stereocenters. The molecule has 1 aromatic carbocycles. The van der Waals surface area contributed by atoms with Crippen molar-refractivity contribution in [1.29, 1.82) is 0 Å². The number of aryl methyl sites for hydroxylation is 2. The molecule has 0 saturated heterocycles. The van der Waals surface area contributed by atoms with Crippen LogP contribution in [0.4, 0.5) is 5.82 Å². The number of anilines is 1. The largest absolute Gasteiger partial charge is 0.311 e. The van der Waals surface area contributed by atoms with Gasteiger partial charge >= 0.3 is 0 Å². The van der Waals surface area contributed by atoms with Crippen molar-refractivity contribution >= 4 is 29.4 Å². The molecule has 5 heteroatoms. The number of hydrogen-bond acceptors (Lipinski definition) is 2. The number of fused-ring (bicyclic) bond motifs is 1. The zero-order chi connectivity index (χ0) is 16.4. The van der Waals surface area contributed by atoms with E-state index >= 15 is 0 Å². The average Bonchev–Trinajstić information content (AvgIpc) is 2.80. The van der Waals surface area contributed by atoms with Crippen LogP contribution in [0.15, 0.2) is 42.5 Å². The molecule has 1 aromatic heterocycles. The number of rotatable bonds is 3. The molecule has 1 N–H and O–H groups in total. The van der Waals surface area contributed by atoms with E-state index < -0.39 is 0 Å². The minimum Gasteiger partial charge on any atom is -0.311 e. The number of nitrogens with one attached hydrogen (secondary N) is 1. The van der Waals surface area contributed by atoms with Gasteiger partial charge in [0.25, 0.3) is 0 Å². The number of carbonyl (C=O) groups excluding carboxylic acids is 1. The predicted octanol–water partition coefficient (Wildman–Crippen LogP) is 4.08. The molecule has 0 radical (unpaired) electrons. The number of allylic oxidation sites excluding steroid dienone is 3. The minimum absolute atomic E-state index is 0.0248. The SMILES string of the molecule is Cc1nn(C)c2c1[C@@H](/C=C/C=C/c1ccc(Cl)cc1)CC(=O)N2. The van der Waals surface area contributed by atoms with E-state index in [1.54, 1.807) is 4.68 Å². The highest BCUT2D eigenvalue weighted by molar-refractivity contribution is 6.30. The molecule has 1 aliphatic rings. The maximum Gasteiger partial charge on any atom is 0.226 e. The third-order valence-electron chi connectivity index (χ3n) is 3.92. The molecule has 1 aliphatic heterocycles. The molecular weight excluding hydrogens is 310 g/mol. The summed E-state index contributed by atoms with van der Waals surface area (Å²) < 4.78 is 1.73. The number of halogens is 1. The monoisotopic (exact) mass is 327 g/mol. The highest BCUT2D eigenvalue weighted by Crippen LogP contribution is 2.35. The highest BCUT2D eigenvalue weighted by atomic mass is 35.5. The van der Waals surface area contributed by atoms with Crippen molar-refractivity contribution in [3.63, 3.8) is 0 Å². The maximum atomic E-state index is 11.9. The van der Waals surface area contributed by atoms with Crippen molar-refractivity contribution in [2.45, 2.75) is 19.3 Å². The molecule has 2 aromatic rings. The van der Waals surface area contributed by atoms with Gasteiger partial charge in [0.2, 0.25) is 5.91 Å². The van der Waals surface area contributed by atoms with Crippen LogP contribution >= 0.6 is 11.6 Å². The molecule has 0 aliphatic carbocycles. The average molecular weight is 328 g/mol. The van der Waals surface area contributed by atoms with Gasteiger partial charge in [-0.3, -0.25) is 9.48 Å². The van der Waals surface area contributed by atoms with Crippen molar-refractivity contribution in [1.82, 2.24) is 9.78 Å². The van der Waals surface area contributed by atoms with Gasteiger partial charge in [0.15, 0.2) is 0 Å². The fourth-order valence-electron chi connectivity index (χ4n) is 2.85. The topological polar surface area (TPSA) is 46.9 Å². The van der Waals surface area contributed by atoms with Gasteiger partial charge in [-0.05, 0) is 24.6 Å². The molecule has 2 heterocycles. The zero-order valence-corrected chi connectivity index (χ0v) is 13.8. The second-order valence-corrected chi connectivity index (χ2v) is 6.06. The molecule has 23 heavy (non-hydrogen) atoms. The summed E-state index contributed by atoms with van der Waals surface area (Å²) in [5.74, 6) is 0.884. The Morgan fingerprint density at radius 2 is 2.04 bits per heavy atom. The highest BCUT2D eigenvalue weighted by Gasteiger charge is 2.28. The van der Waals surface area contributed by atoms with Crippen LogP contribution in [-0.2, 0) is 11.8 Å². The molecule has 3 rings (SSSR count). The second-order valence-electron chi connectivity index (χ2n) is 5.63. The van der Waals surface area contributed by atoms with Crippen LogP contribution in [0.1, 0.15) is 29.2 Å². The van der Waals surface area contributed by atoms with Crippen molar-refractivity contribution < 1.29 is 4.79 Å². The van der Waals surface area contributed by atoms with Crippen LogP contribution < -0.4 is 5.32 Å². The summed E-state index contributed by atoms with van der Waals surface area (Å²) >= 11 is 5.87. The lowest BCUT2D eigenvalue weighted by Gasteiger charge is -2.20. The number of carbonyl (C=O) groups is 1.